The highest BCUT2D eigenvalue weighted by atomic mass is 14.9. The summed E-state index contributed by atoms with van der Waals surface area (Å²) < 4.78 is 0. The van der Waals surface area contributed by atoms with Crippen LogP contribution in [0, 0.1) is 0 Å². The van der Waals surface area contributed by atoms with Crippen LogP contribution in [0.3, 0.4) is 0 Å². The third-order valence-corrected chi connectivity index (χ3v) is 2.77. The molecule has 1 aromatic heterocycles. The molecule has 0 fully saturated rings. The van der Waals surface area contributed by atoms with Crippen molar-refractivity contribution in [1.29, 1.82) is 0 Å². The Bertz CT molecular complexity index is 451. The summed E-state index contributed by atoms with van der Waals surface area (Å²) in [5.74, 6) is 0. The number of rotatable bonds is 5. The van der Waals surface area contributed by atoms with Crippen LogP contribution in [-0.4, -0.2) is 4.98 Å². The van der Waals surface area contributed by atoms with E-state index in [9.17, 15) is 0 Å². The molecule has 0 radical (unpaired) electrons. The maximum Gasteiger partial charge on any atom is 0.0401 e. The van der Waals surface area contributed by atoms with Gasteiger partial charge in [-0.25, -0.2) is 0 Å². The fourth-order valence-electron chi connectivity index (χ4n) is 1.88. The number of para-hydroxylation sites is 1. The maximum absolute atomic E-state index is 4.02. The summed E-state index contributed by atoms with van der Waals surface area (Å²) in [5, 5.41) is 3.49. The van der Waals surface area contributed by atoms with E-state index >= 15 is 0 Å². The zero-order valence-corrected chi connectivity index (χ0v) is 10.2. The standard InChI is InChI=1S/C15H18N2/c1-2-5-14-6-3-4-7-15(14)17-12-13-8-10-16-11-9-13/h3-4,6-11,17H,2,5,12H2,1H3. The Hall–Kier alpha value is -1.83. The molecule has 0 bridgehead atoms. The van der Waals surface area contributed by atoms with Crippen molar-refractivity contribution < 1.29 is 0 Å². The van der Waals surface area contributed by atoms with E-state index in [1.54, 1.807) is 0 Å². The van der Waals surface area contributed by atoms with Gasteiger partial charge in [0, 0.05) is 24.6 Å². The van der Waals surface area contributed by atoms with Gasteiger partial charge in [-0.2, -0.15) is 0 Å². The molecular formula is C15H18N2. The molecule has 0 aliphatic carbocycles. The molecule has 0 atom stereocenters. The van der Waals surface area contributed by atoms with Crippen LogP contribution in [0.4, 0.5) is 5.69 Å². The fourth-order valence-corrected chi connectivity index (χ4v) is 1.88. The van der Waals surface area contributed by atoms with Crippen LogP contribution in [0.2, 0.25) is 0 Å². The van der Waals surface area contributed by atoms with Crippen LogP contribution in [0.1, 0.15) is 24.5 Å². The summed E-state index contributed by atoms with van der Waals surface area (Å²) in [6, 6.07) is 12.6. The van der Waals surface area contributed by atoms with E-state index in [-0.39, 0.29) is 0 Å². The van der Waals surface area contributed by atoms with Gasteiger partial charge in [0.25, 0.3) is 0 Å². The minimum Gasteiger partial charge on any atom is -0.381 e. The van der Waals surface area contributed by atoms with E-state index in [0.717, 1.165) is 13.0 Å². The van der Waals surface area contributed by atoms with Crippen LogP contribution >= 0.6 is 0 Å². The molecule has 0 saturated carbocycles. The molecule has 0 spiro atoms. The lowest BCUT2D eigenvalue weighted by Crippen LogP contribution is -2.02. The van der Waals surface area contributed by atoms with Crippen LogP contribution in [0.25, 0.3) is 0 Å². The first-order chi connectivity index (χ1) is 8.40. The summed E-state index contributed by atoms with van der Waals surface area (Å²) in [6.45, 7) is 3.06. The van der Waals surface area contributed by atoms with E-state index in [2.05, 4.69) is 41.5 Å². The van der Waals surface area contributed by atoms with Crippen molar-refractivity contribution in [2.24, 2.45) is 0 Å². The normalized spacial score (nSPS) is 10.2. The quantitative estimate of drug-likeness (QED) is 0.841. The Morgan fingerprint density at radius 2 is 1.82 bits per heavy atom. The number of hydrogen-bond acceptors (Lipinski definition) is 2. The highest BCUT2D eigenvalue weighted by Crippen LogP contribution is 2.17. The molecule has 1 heterocycles. The van der Waals surface area contributed by atoms with Crippen LogP contribution in [0.5, 0.6) is 0 Å². The molecule has 17 heavy (non-hydrogen) atoms. The summed E-state index contributed by atoms with van der Waals surface area (Å²) in [4.78, 5) is 4.02. The summed E-state index contributed by atoms with van der Waals surface area (Å²) in [7, 11) is 0. The molecule has 2 rings (SSSR count). The second-order valence-corrected chi connectivity index (χ2v) is 4.12. The van der Waals surface area contributed by atoms with E-state index in [1.807, 2.05) is 24.5 Å². The van der Waals surface area contributed by atoms with Gasteiger partial charge in [-0.15, -0.1) is 0 Å². The van der Waals surface area contributed by atoms with E-state index < -0.39 is 0 Å². The second kappa shape index (κ2) is 6.04. The average Bonchev–Trinajstić information content (AvgIpc) is 2.39. The van der Waals surface area contributed by atoms with Gasteiger partial charge in [0.05, 0.1) is 0 Å². The molecule has 1 N–H and O–H groups in total. The number of hydrogen-bond donors (Lipinski definition) is 1. The number of aromatic nitrogens is 1. The molecule has 0 aliphatic rings. The topological polar surface area (TPSA) is 24.9 Å². The molecule has 2 nitrogen and oxygen atoms in total. The number of aryl methyl sites for hydroxylation is 1. The van der Waals surface area contributed by atoms with Gasteiger partial charge >= 0.3 is 0 Å². The van der Waals surface area contributed by atoms with Crippen molar-refractivity contribution in [2.45, 2.75) is 26.3 Å². The summed E-state index contributed by atoms with van der Waals surface area (Å²) >= 11 is 0. The third kappa shape index (κ3) is 3.31. The van der Waals surface area contributed by atoms with E-state index in [1.165, 1.54) is 23.2 Å². The third-order valence-electron chi connectivity index (χ3n) is 2.77. The van der Waals surface area contributed by atoms with Crippen LogP contribution in [0.15, 0.2) is 48.8 Å². The molecule has 88 valence electrons. The molecule has 0 amide bonds. The lowest BCUT2D eigenvalue weighted by Gasteiger charge is -2.11. The first-order valence-electron chi connectivity index (χ1n) is 6.11. The Kier molecular flexibility index (Phi) is 4.14. The van der Waals surface area contributed by atoms with Gasteiger partial charge in [0.15, 0.2) is 0 Å². The van der Waals surface area contributed by atoms with Crippen molar-refractivity contribution in [1.82, 2.24) is 4.98 Å². The summed E-state index contributed by atoms with van der Waals surface area (Å²) in [6.07, 6.45) is 5.96. The predicted octanol–water partition coefficient (Wildman–Crippen LogP) is 3.65. The van der Waals surface area contributed by atoms with Crippen molar-refractivity contribution in [3.63, 3.8) is 0 Å². The smallest absolute Gasteiger partial charge is 0.0401 e. The van der Waals surface area contributed by atoms with Gasteiger partial charge in [-0.05, 0) is 35.7 Å². The summed E-state index contributed by atoms with van der Waals surface area (Å²) in [5.41, 5.74) is 3.89. The molecular weight excluding hydrogens is 208 g/mol. The molecule has 2 aromatic rings. The number of anilines is 1. The van der Waals surface area contributed by atoms with Gasteiger partial charge in [-0.3, -0.25) is 4.98 Å². The maximum atomic E-state index is 4.02. The Balaban J connectivity index is 2.03. The first-order valence-corrected chi connectivity index (χ1v) is 6.11. The van der Waals surface area contributed by atoms with Gasteiger partial charge in [0.2, 0.25) is 0 Å². The lowest BCUT2D eigenvalue weighted by atomic mass is 10.1. The highest BCUT2D eigenvalue weighted by Gasteiger charge is 2.00. The van der Waals surface area contributed by atoms with Gasteiger partial charge in [0.1, 0.15) is 0 Å². The number of benzene rings is 1. The number of nitrogens with zero attached hydrogens (tertiary/aromatic N) is 1. The largest absolute Gasteiger partial charge is 0.381 e. The predicted molar refractivity (Wildman–Crippen MR) is 72.0 cm³/mol. The van der Waals surface area contributed by atoms with E-state index in [0.29, 0.717) is 0 Å². The minimum atomic E-state index is 0.850. The molecule has 0 saturated heterocycles. The first kappa shape index (κ1) is 11.6. The fraction of sp³-hybridized carbons (Fsp3) is 0.267. The molecule has 2 heteroatoms. The van der Waals surface area contributed by atoms with E-state index in [4.69, 9.17) is 0 Å². The Labute approximate surface area is 103 Å². The zero-order chi connectivity index (χ0) is 11.9. The lowest BCUT2D eigenvalue weighted by molar-refractivity contribution is 0.919. The number of pyridine rings is 1. The Morgan fingerprint density at radius 3 is 2.59 bits per heavy atom. The second-order valence-electron chi connectivity index (χ2n) is 4.12. The SMILES string of the molecule is CCCc1ccccc1NCc1ccncc1. The molecule has 1 aromatic carbocycles. The van der Waals surface area contributed by atoms with Crippen molar-refractivity contribution in [3.05, 3.63) is 59.9 Å². The molecule has 0 aliphatic heterocycles. The van der Waals surface area contributed by atoms with Crippen LogP contribution in [-0.2, 0) is 13.0 Å². The van der Waals surface area contributed by atoms with Gasteiger partial charge < -0.3 is 5.32 Å². The average molecular weight is 226 g/mol. The Morgan fingerprint density at radius 1 is 1.06 bits per heavy atom. The minimum absolute atomic E-state index is 0.850. The van der Waals surface area contributed by atoms with Crippen molar-refractivity contribution in [2.75, 3.05) is 5.32 Å². The molecule has 0 unspecified atom stereocenters. The number of nitrogens with one attached hydrogen (secondary N) is 1. The van der Waals surface area contributed by atoms with Crippen molar-refractivity contribution in [3.8, 4) is 0 Å². The monoisotopic (exact) mass is 226 g/mol. The van der Waals surface area contributed by atoms with Crippen molar-refractivity contribution >= 4 is 5.69 Å². The zero-order valence-electron chi connectivity index (χ0n) is 10.2. The highest BCUT2D eigenvalue weighted by molar-refractivity contribution is 5.51. The van der Waals surface area contributed by atoms with Gasteiger partial charge in [-0.1, -0.05) is 31.5 Å². The van der Waals surface area contributed by atoms with Crippen LogP contribution < -0.4 is 5.32 Å².